The van der Waals surface area contributed by atoms with Crippen LogP contribution in [-0.2, 0) is 6.54 Å². The van der Waals surface area contributed by atoms with Gasteiger partial charge in [0.2, 0.25) is 0 Å². The second kappa shape index (κ2) is 9.13. The molecule has 5 nitrogen and oxygen atoms in total. The number of ether oxygens (including phenoxy) is 2. The molecule has 0 aliphatic heterocycles. The first-order chi connectivity index (χ1) is 12.1. The Balaban J connectivity index is 2.15. The zero-order chi connectivity index (χ0) is 18.2. The molecule has 0 aliphatic carbocycles. The third-order valence-electron chi connectivity index (χ3n) is 3.39. The number of rotatable bonds is 6. The molecule has 0 saturated heterocycles. The van der Waals surface area contributed by atoms with Gasteiger partial charge in [-0.15, -0.1) is 0 Å². The summed E-state index contributed by atoms with van der Waals surface area (Å²) in [6.45, 7) is 3.03. The van der Waals surface area contributed by atoms with E-state index in [4.69, 9.17) is 21.1 Å². The van der Waals surface area contributed by atoms with Crippen molar-refractivity contribution in [3.05, 3.63) is 52.8 Å². The molecule has 0 amide bonds. The highest BCUT2D eigenvalue weighted by molar-refractivity contribution is 6.30. The lowest BCUT2D eigenvalue weighted by Gasteiger charge is -2.14. The van der Waals surface area contributed by atoms with Crippen LogP contribution in [0.4, 0.5) is 10.1 Å². The normalized spacial score (nSPS) is 11.2. The molecule has 2 rings (SSSR count). The van der Waals surface area contributed by atoms with Crippen molar-refractivity contribution >= 4 is 23.2 Å². The second-order valence-corrected chi connectivity index (χ2v) is 5.55. The Morgan fingerprint density at radius 3 is 2.52 bits per heavy atom. The first-order valence-corrected chi connectivity index (χ1v) is 8.16. The van der Waals surface area contributed by atoms with E-state index in [1.807, 2.05) is 25.1 Å². The van der Waals surface area contributed by atoms with E-state index in [9.17, 15) is 4.39 Å². The highest BCUT2D eigenvalue weighted by atomic mass is 35.5. The molecule has 7 heteroatoms. The van der Waals surface area contributed by atoms with Crippen molar-refractivity contribution in [1.82, 2.24) is 5.32 Å². The molecule has 0 radical (unpaired) electrons. The van der Waals surface area contributed by atoms with Crippen LogP contribution in [0.1, 0.15) is 12.5 Å². The molecular weight excluding hydrogens is 345 g/mol. The van der Waals surface area contributed by atoms with Gasteiger partial charge in [-0.25, -0.2) is 9.38 Å². The molecule has 0 atom stereocenters. The summed E-state index contributed by atoms with van der Waals surface area (Å²) < 4.78 is 23.7. The van der Waals surface area contributed by atoms with Gasteiger partial charge in [0, 0.05) is 18.3 Å². The number of nitrogens with one attached hydrogen (secondary N) is 2. The summed E-state index contributed by atoms with van der Waals surface area (Å²) in [7, 11) is 3.17. The van der Waals surface area contributed by atoms with E-state index in [-0.39, 0.29) is 5.02 Å². The van der Waals surface area contributed by atoms with Crippen molar-refractivity contribution in [3.63, 3.8) is 0 Å². The van der Waals surface area contributed by atoms with Gasteiger partial charge < -0.3 is 20.1 Å². The van der Waals surface area contributed by atoms with E-state index in [0.717, 1.165) is 11.3 Å². The van der Waals surface area contributed by atoms with Crippen LogP contribution < -0.4 is 20.1 Å². The number of methoxy groups -OCH3 is 2. The van der Waals surface area contributed by atoms with Gasteiger partial charge in [-0.2, -0.15) is 0 Å². The monoisotopic (exact) mass is 365 g/mol. The first kappa shape index (κ1) is 18.9. The van der Waals surface area contributed by atoms with E-state index in [1.165, 1.54) is 6.07 Å². The van der Waals surface area contributed by atoms with Crippen molar-refractivity contribution in [2.75, 3.05) is 26.1 Å². The predicted molar refractivity (Wildman–Crippen MR) is 99.4 cm³/mol. The van der Waals surface area contributed by atoms with Gasteiger partial charge in [0.05, 0.1) is 25.8 Å². The van der Waals surface area contributed by atoms with Crippen LogP contribution in [0.25, 0.3) is 0 Å². The van der Waals surface area contributed by atoms with Gasteiger partial charge in [-0.1, -0.05) is 17.7 Å². The molecule has 2 N–H and O–H groups in total. The molecule has 0 spiro atoms. The molecule has 0 fully saturated rings. The molecule has 25 heavy (non-hydrogen) atoms. The van der Waals surface area contributed by atoms with Crippen molar-refractivity contribution in [3.8, 4) is 11.5 Å². The molecule has 0 unspecified atom stereocenters. The Morgan fingerprint density at radius 2 is 1.88 bits per heavy atom. The van der Waals surface area contributed by atoms with Gasteiger partial charge in [-0.05, 0) is 36.8 Å². The minimum atomic E-state index is -0.440. The number of nitrogens with zero attached hydrogens (tertiary/aromatic N) is 1. The molecule has 134 valence electrons. The first-order valence-electron chi connectivity index (χ1n) is 7.78. The summed E-state index contributed by atoms with van der Waals surface area (Å²) in [5.74, 6) is 1.42. The van der Waals surface area contributed by atoms with Crippen molar-refractivity contribution in [2.45, 2.75) is 13.5 Å². The standard InChI is InChI=1S/C18H21ClFN3O2/c1-4-21-18(22-11-12-5-7-15(20)14(19)9-12)23-13-6-8-16(24-2)17(10-13)25-3/h5-10H,4,11H2,1-3H3,(H2,21,22,23). The topological polar surface area (TPSA) is 54.9 Å². The SMILES string of the molecule is CCNC(=NCc1ccc(F)c(Cl)c1)Nc1ccc(OC)c(OC)c1. The summed E-state index contributed by atoms with van der Waals surface area (Å²) in [5.41, 5.74) is 1.62. The lowest BCUT2D eigenvalue weighted by atomic mass is 10.2. The second-order valence-electron chi connectivity index (χ2n) is 5.14. The van der Waals surface area contributed by atoms with E-state index >= 15 is 0 Å². The van der Waals surface area contributed by atoms with Crippen LogP contribution in [0, 0.1) is 5.82 Å². The van der Waals surface area contributed by atoms with Crippen LogP contribution in [0.15, 0.2) is 41.4 Å². The van der Waals surface area contributed by atoms with Crippen molar-refractivity contribution in [1.29, 1.82) is 0 Å². The predicted octanol–water partition coefficient (Wildman–Crippen LogP) is 4.07. The van der Waals surface area contributed by atoms with E-state index in [2.05, 4.69) is 15.6 Å². The molecule has 0 aliphatic rings. The fourth-order valence-electron chi connectivity index (χ4n) is 2.17. The number of halogens is 2. The van der Waals surface area contributed by atoms with Crippen molar-refractivity contribution < 1.29 is 13.9 Å². The van der Waals surface area contributed by atoms with E-state index in [1.54, 1.807) is 26.4 Å². The summed E-state index contributed by atoms with van der Waals surface area (Å²) in [6.07, 6.45) is 0. The Labute approximate surface area is 151 Å². The number of benzene rings is 2. The van der Waals surface area contributed by atoms with Crippen LogP contribution in [0.3, 0.4) is 0 Å². The lowest BCUT2D eigenvalue weighted by molar-refractivity contribution is 0.355. The van der Waals surface area contributed by atoms with Crippen LogP contribution in [-0.4, -0.2) is 26.7 Å². The Bertz CT molecular complexity index is 753. The molecule has 0 aromatic heterocycles. The fourth-order valence-corrected chi connectivity index (χ4v) is 2.37. The number of aliphatic imine (C=N–C) groups is 1. The van der Waals surface area contributed by atoms with Crippen LogP contribution in [0.2, 0.25) is 5.02 Å². The van der Waals surface area contributed by atoms with E-state index < -0.39 is 5.82 Å². The minimum absolute atomic E-state index is 0.0885. The third-order valence-corrected chi connectivity index (χ3v) is 3.68. The molecule has 0 saturated carbocycles. The minimum Gasteiger partial charge on any atom is -0.493 e. The third kappa shape index (κ3) is 5.26. The number of hydrogen-bond donors (Lipinski definition) is 2. The van der Waals surface area contributed by atoms with Gasteiger partial charge in [0.25, 0.3) is 0 Å². The average molecular weight is 366 g/mol. The van der Waals surface area contributed by atoms with E-state index in [0.29, 0.717) is 30.5 Å². The fraction of sp³-hybridized carbons (Fsp3) is 0.278. The zero-order valence-corrected chi connectivity index (χ0v) is 15.2. The highest BCUT2D eigenvalue weighted by Crippen LogP contribution is 2.29. The molecule has 0 heterocycles. The number of anilines is 1. The molecule has 2 aromatic rings. The molecule has 0 bridgehead atoms. The van der Waals surface area contributed by atoms with Gasteiger partial charge in [0.1, 0.15) is 5.82 Å². The summed E-state index contributed by atoms with van der Waals surface area (Å²) in [4.78, 5) is 4.49. The highest BCUT2D eigenvalue weighted by Gasteiger charge is 2.06. The Morgan fingerprint density at radius 1 is 1.12 bits per heavy atom. The maximum absolute atomic E-state index is 13.2. The zero-order valence-electron chi connectivity index (χ0n) is 14.4. The Hall–Kier alpha value is -2.47. The average Bonchev–Trinajstić information content (AvgIpc) is 2.62. The number of hydrogen-bond acceptors (Lipinski definition) is 3. The lowest BCUT2D eigenvalue weighted by Crippen LogP contribution is -2.30. The quantitative estimate of drug-likeness (QED) is 0.598. The van der Waals surface area contributed by atoms with Gasteiger partial charge in [-0.3, -0.25) is 0 Å². The van der Waals surface area contributed by atoms with Crippen LogP contribution >= 0.6 is 11.6 Å². The van der Waals surface area contributed by atoms with Gasteiger partial charge in [0.15, 0.2) is 17.5 Å². The van der Waals surface area contributed by atoms with Crippen LogP contribution in [0.5, 0.6) is 11.5 Å². The summed E-state index contributed by atoms with van der Waals surface area (Å²) >= 11 is 5.80. The maximum Gasteiger partial charge on any atom is 0.196 e. The summed E-state index contributed by atoms with van der Waals surface area (Å²) in [5, 5.41) is 6.44. The van der Waals surface area contributed by atoms with Crippen molar-refractivity contribution in [2.24, 2.45) is 4.99 Å². The number of guanidine groups is 1. The molecule has 2 aromatic carbocycles. The summed E-state index contributed by atoms with van der Waals surface area (Å²) in [6, 6.07) is 10.1. The smallest absolute Gasteiger partial charge is 0.196 e. The Kier molecular flexibility index (Phi) is 6.89. The maximum atomic E-state index is 13.2. The van der Waals surface area contributed by atoms with Gasteiger partial charge >= 0.3 is 0 Å². The molecular formula is C18H21ClFN3O2. The largest absolute Gasteiger partial charge is 0.493 e.